The highest BCUT2D eigenvalue weighted by atomic mass is 16.3. The van der Waals surface area contributed by atoms with Gasteiger partial charge in [-0.25, -0.2) is 0 Å². The Labute approximate surface area is 124 Å². The zero-order chi connectivity index (χ0) is 14.7. The van der Waals surface area contributed by atoms with Crippen LogP contribution in [0.3, 0.4) is 0 Å². The van der Waals surface area contributed by atoms with E-state index < -0.39 is 0 Å². The van der Waals surface area contributed by atoms with Gasteiger partial charge in [-0.05, 0) is 37.6 Å². The number of aromatic hydroxyl groups is 1. The molecule has 0 spiro atoms. The molecule has 0 aliphatic heterocycles. The molecule has 0 bridgehead atoms. The Bertz CT molecular complexity index is 719. The van der Waals surface area contributed by atoms with Gasteiger partial charge in [0.05, 0.1) is 6.26 Å². The van der Waals surface area contributed by atoms with E-state index in [9.17, 15) is 5.11 Å². The van der Waals surface area contributed by atoms with Crippen LogP contribution in [0.4, 0.5) is 5.69 Å². The summed E-state index contributed by atoms with van der Waals surface area (Å²) in [6.45, 7) is 2.16. The van der Waals surface area contributed by atoms with Gasteiger partial charge in [-0.1, -0.05) is 24.3 Å². The second-order valence-electron chi connectivity index (χ2n) is 5.34. The van der Waals surface area contributed by atoms with Gasteiger partial charge >= 0.3 is 0 Å². The Morgan fingerprint density at radius 1 is 1.05 bits per heavy atom. The minimum atomic E-state index is 0.319. The van der Waals surface area contributed by atoms with Crippen molar-refractivity contribution in [3.05, 3.63) is 60.6 Å². The van der Waals surface area contributed by atoms with E-state index >= 15 is 0 Å². The smallest absolute Gasteiger partial charge is 0.123 e. The number of fused-ring (bicyclic) bond motifs is 1. The third-order valence-corrected chi connectivity index (χ3v) is 3.70. The van der Waals surface area contributed by atoms with E-state index in [2.05, 4.69) is 12.2 Å². The molecule has 3 aromatic rings. The molecule has 0 fully saturated rings. The molecule has 0 aliphatic rings. The van der Waals surface area contributed by atoms with Gasteiger partial charge in [0, 0.05) is 28.9 Å². The highest BCUT2D eigenvalue weighted by Gasteiger charge is 2.08. The summed E-state index contributed by atoms with van der Waals surface area (Å²) in [6.07, 6.45) is 3.61. The predicted molar refractivity (Wildman–Crippen MR) is 85.7 cm³/mol. The zero-order valence-electron chi connectivity index (χ0n) is 12.0. The average Bonchev–Trinajstić information content (AvgIpc) is 3.00. The molecule has 1 aromatic heterocycles. The van der Waals surface area contributed by atoms with Crippen molar-refractivity contribution in [3.63, 3.8) is 0 Å². The maximum absolute atomic E-state index is 9.92. The topological polar surface area (TPSA) is 45.4 Å². The molecule has 21 heavy (non-hydrogen) atoms. The van der Waals surface area contributed by atoms with E-state index in [1.807, 2.05) is 42.5 Å². The van der Waals surface area contributed by atoms with Gasteiger partial charge in [-0.2, -0.15) is 0 Å². The molecule has 0 radical (unpaired) electrons. The second kappa shape index (κ2) is 5.92. The van der Waals surface area contributed by atoms with Crippen LogP contribution in [0.1, 0.15) is 19.1 Å². The van der Waals surface area contributed by atoms with Gasteiger partial charge < -0.3 is 14.8 Å². The summed E-state index contributed by atoms with van der Waals surface area (Å²) in [5.74, 6) is 1.33. The minimum absolute atomic E-state index is 0.319. The zero-order valence-corrected chi connectivity index (χ0v) is 12.0. The molecule has 1 atom stereocenters. The molecule has 3 heteroatoms. The number of benzene rings is 2. The van der Waals surface area contributed by atoms with Crippen molar-refractivity contribution in [1.82, 2.24) is 0 Å². The molecule has 108 valence electrons. The van der Waals surface area contributed by atoms with Crippen LogP contribution in [-0.4, -0.2) is 11.1 Å². The molecule has 1 unspecified atom stereocenters. The first kappa shape index (κ1) is 13.6. The number of aryl methyl sites for hydroxylation is 1. The first-order valence-electron chi connectivity index (χ1n) is 7.23. The first-order valence-corrected chi connectivity index (χ1v) is 7.23. The van der Waals surface area contributed by atoms with Crippen LogP contribution in [0, 0.1) is 0 Å². The Morgan fingerprint density at radius 2 is 1.86 bits per heavy atom. The fourth-order valence-electron chi connectivity index (χ4n) is 2.57. The summed E-state index contributed by atoms with van der Waals surface area (Å²) >= 11 is 0. The van der Waals surface area contributed by atoms with E-state index in [4.69, 9.17) is 4.42 Å². The molecule has 0 saturated carbocycles. The summed E-state index contributed by atoms with van der Waals surface area (Å²) in [5, 5.41) is 15.4. The number of furan rings is 1. The van der Waals surface area contributed by atoms with E-state index in [0.717, 1.165) is 35.1 Å². The van der Waals surface area contributed by atoms with Crippen molar-refractivity contribution in [2.24, 2.45) is 0 Å². The fraction of sp³-hybridized carbons (Fsp3) is 0.222. The summed E-state index contributed by atoms with van der Waals surface area (Å²) in [7, 11) is 0. The van der Waals surface area contributed by atoms with Gasteiger partial charge in [0.1, 0.15) is 11.5 Å². The summed E-state index contributed by atoms with van der Waals surface area (Å²) in [4.78, 5) is 0. The number of rotatable bonds is 5. The van der Waals surface area contributed by atoms with Gasteiger partial charge in [0.25, 0.3) is 0 Å². The van der Waals surface area contributed by atoms with E-state index in [1.165, 1.54) is 0 Å². The maximum Gasteiger partial charge on any atom is 0.123 e. The van der Waals surface area contributed by atoms with Crippen molar-refractivity contribution >= 4 is 16.5 Å². The van der Waals surface area contributed by atoms with Crippen LogP contribution >= 0.6 is 0 Å². The van der Waals surface area contributed by atoms with Gasteiger partial charge in [0.2, 0.25) is 0 Å². The second-order valence-corrected chi connectivity index (χ2v) is 5.34. The number of phenols is 1. The molecular weight excluding hydrogens is 262 g/mol. The van der Waals surface area contributed by atoms with E-state index in [1.54, 1.807) is 12.3 Å². The van der Waals surface area contributed by atoms with Crippen LogP contribution in [0.25, 0.3) is 10.8 Å². The Morgan fingerprint density at radius 3 is 2.67 bits per heavy atom. The normalized spacial score (nSPS) is 12.4. The van der Waals surface area contributed by atoms with Crippen LogP contribution < -0.4 is 5.32 Å². The van der Waals surface area contributed by atoms with E-state index in [0.29, 0.717) is 11.8 Å². The Balaban J connectivity index is 1.74. The summed E-state index contributed by atoms with van der Waals surface area (Å²) in [5.41, 5.74) is 1.05. The van der Waals surface area contributed by atoms with Gasteiger partial charge in [0.15, 0.2) is 0 Å². The molecule has 1 heterocycles. The quantitative estimate of drug-likeness (QED) is 0.720. The van der Waals surface area contributed by atoms with Crippen LogP contribution in [0.2, 0.25) is 0 Å². The number of hydrogen-bond acceptors (Lipinski definition) is 3. The lowest BCUT2D eigenvalue weighted by molar-refractivity contribution is 0.481. The average molecular weight is 281 g/mol. The SMILES string of the molecule is CC(CCc1ccco1)Nc1cccc2c(O)cccc12. The number of anilines is 1. The highest BCUT2D eigenvalue weighted by Crippen LogP contribution is 2.30. The molecule has 0 amide bonds. The van der Waals surface area contributed by atoms with Crippen molar-refractivity contribution < 1.29 is 9.52 Å². The van der Waals surface area contributed by atoms with Gasteiger partial charge in [-0.3, -0.25) is 0 Å². The third-order valence-electron chi connectivity index (χ3n) is 3.70. The molecule has 0 saturated heterocycles. The fourth-order valence-corrected chi connectivity index (χ4v) is 2.57. The summed E-state index contributed by atoms with van der Waals surface area (Å²) < 4.78 is 5.36. The molecule has 0 aliphatic carbocycles. The standard InChI is InChI=1S/C18H19NO2/c1-13(10-11-14-5-4-12-21-14)19-17-8-2-7-16-15(17)6-3-9-18(16)20/h2-9,12-13,19-20H,10-11H2,1H3. The van der Waals surface area contributed by atoms with Gasteiger partial charge in [-0.15, -0.1) is 0 Å². The van der Waals surface area contributed by atoms with Crippen LogP contribution in [0.5, 0.6) is 5.75 Å². The Hall–Kier alpha value is -2.42. The number of phenolic OH excluding ortho intramolecular Hbond substituents is 1. The lowest BCUT2D eigenvalue weighted by Gasteiger charge is -2.16. The lowest BCUT2D eigenvalue weighted by atomic mass is 10.1. The molecule has 2 aromatic carbocycles. The Kier molecular flexibility index (Phi) is 3.82. The monoisotopic (exact) mass is 281 g/mol. The lowest BCUT2D eigenvalue weighted by Crippen LogP contribution is -2.16. The molecular formula is C18H19NO2. The molecule has 3 nitrogen and oxygen atoms in total. The van der Waals surface area contributed by atoms with Crippen molar-refractivity contribution in [2.45, 2.75) is 25.8 Å². The largest absolute Gasteiger partial charge is 0.507 e. The molecule has 3 rings (SSSR count). The van der Waals surface area contributed by atoms with Crippen LogP contribution in [0.15, 0.2) is 59.2 Å². The van der Waals surface area contributed by atoms with Crippen molar-refractivity contribution in [2.75, 3.05) is 5.32 Å². The summed E-state index contributed by atoms with van der Waals surface area (Å²) in [6, 6.07) is 15.8. The predicted octanol–water partition coefficient (Wildman–Crippen LogP) is 4.57. The van der Waals surface area contributed by atoms with Crippen LogP contribution in [-0.2, 0) is 6.42 Å². The minimum Gasteiger partial charge on any atom is -0.507 e. The number of nitrogens with one attached hydrogen (secondary N) is 1. The highest BCUT2D eigenvalue weighted by molar-refractivity contribution is 5.97. The maximum atomic E-state index is 9.92. The van der Waals surface area contributed by atoms with Crippen molar-refractivity contribution in [1.29, 1.82) is 0 Å². The first-order chi connectivity index (χ1) is 10.2. The third kappa shape index (κ3) is 3.02. The van der Waals surface area contributed by atoms with Crippen molar-refractivity contribution in [3.8, 4) is 5.75 Å². The molecule has 2 N–H and O–H groups in total. The van der Waals surface area contributed by atoms with E-state index in [-0.39, 0.29) is 0 Å². The number of hydrogen-bond donors (Lipinski definition) is 2.